The molecule has 1 saturated heterocycles. The molecular weight excluding hydrogens is 250 g/mol. The summed E-state index contributed by atoms with van der Waals surface area (Å²) in [6, 6.07) is 5.66. The summed E-state index contributed by atoms with van der Waals surface area (Å²) in [4.78, 5) is 0. The van der Waals surface area contributed by atoms with E-state index in [1.54, 1.807) is 0 Å². The third-order valence-corrected chi connectivity index (χ3v) is 3.62. The van der Waals surface area contributed by atoms with E-state index in [-0.39, 0.29) is 6.04 Å². The lowest BCUT2D eigenvalue weighted by molar-refractivity contribution is 0.0497. The molecule has 1 aliphatic rings. The maximum atomic E-state index is 6.17. The summed E-state index contributed by atoms with van der Waals surface area (Å²) < 4.78 is 11.1. The quantitative estimate of drug-likeness (QED) is 0.913. The van der Waals surface area contributed by atoms with Gasteiger partial charge in [-0.1, -0.05) is 17.7 Å². The first-order valence-corrected chi connectivity index (χ1v) is 6.80. The Morgan fingerprint density at radius 3 is 2.78 bits per heavy atom. The summed E-state index contributed by atoms with van der Waals surface area (Å²) in [6.07, 6.45) is 2.15. The molecule has 4 heteroatoms. The van der Waals surface area contributed by atoms with E-state index < -0.39 is 0 Å². The second-order valence-corrected chi connectivity index (χ2v) is 5.25. The fourth-order valence-electron chi connectivity index (χ4n) is 2.09. The molecule has 1 aliphatic heterocycles. The van der Waals surface area contributed by atoms with Crippen molar-refractivity contribution < 1.29 is 9.47 Å². The molecule has 1 aromatic carbocycles. The minimum atomic E-state index is -0.0537. The van der Waals surface area contributed by atoms with Crippen LogP contribution in [0.5, 0.6) is 5.75 Å². The van der Waals surface area contributed by atoms with Crippen molar-refractivity contribution in [2.45, 2.75) is 25.8 Å². The molecule has 1 unspecified atom stereocenters. The molecule has 0 aliphatic carbocycles. The largest absolute Gasteiger partial charge is 0.493 e. The van der Waals surface area contributed by atoms with Crippen molar-refractivity contribution in [3.8, 4) is 5.75 Å². The third kappa shape index (κ3) is 3.61. The van der Waals surface area contributed by atoms with Crippen LogP contribution in [0.2, 0.25) is 5.02 Å². The SMILES string of the molecule is CC(N)c1ccc(OCC2CCOCC2)cc1Cl. The predicted octanol–water partition coefficient (Wildman–Crippen LogP) is 3.17. The van der Waals surface area contributed by atoms with Gasteiger partial charge in [-0.15, -0.1) is 0 Å². The van der Waals surface area contributed by atoms with Gasteiger partial charge in [-0.2, -0.15) is 0 Å². The Morgan fingerprint density at radius 2 is 2.17 bits per heavy atom. The highest BCUT2D eigenvalue weighted by molar-refractivity contribution is 6.31. The van der Waals surface area contributed by atoms with Gasteiger partial charge in [0.25, 0.3) is 0 Å². The van der Waals surface area contributed by atoms with Gasteiger partial charge >= 0.3 is 0 Å². The van der Waals surface area contributed by atoms with Crippen LogP contribution in [0, 0.1) is 5.92 Å². The Hall–Kier alpha value is -0.770. The Bertz CT molecular complexity index is 389. The van der Waals surface area contributed by atoms with Gasteiger partial charge in [-0.3, -0.25) is 0 Å². The lowest BCUT2D eigenvalue weighted by Gasteiger charge is -2.22. The zero-order chi connectivity index (χ0) is 13.0. The van der Waals surface area contributed by atoms with E-state index in [1.807, 2.05) is 25.1 Å². The molecule has 0 bridgehead atoms. The molecule has 3 nitrogen and oxygen atoms in total. The van der Waals surface area contributed by atoms with E-state index in [9.17, 15) is 0 Å². The van der Waals surface area contributed by atoms with E-state index >= 15 is 0 Å². The van der Waals surface area contributed by atoms with E-state index in [0.29, 0.717) is 10.9 Å². The molecule has 2 N–H and O–H groups in total. The summed E-state index contributed by atoms with van der Waals surface area (Å²) >= 11 is 6.17. The number of ether oxygens (including phenoxy) is 2. The molecule has 100 valence electrons. The van der Waals surface area contributed by atoms with Crippen molar-refractivity contribution in [3.63, 3.8) is 0 Å². The Kier molecular flexibility index (Phi) is 4.87. The number of hydrogen-bond donors (Lipinski definition) is 1. The van der Waals surface area contributed by atoms with E-state index in [2.05, 4.69) is 0 Å². The lowest BCUT2D eigenvalue weighted by atomic mass is 10.0. The Morgan fingerprint density at radius 1 is 1.44 bits per heavy atom. The van der Waals surface area contributed by atoms with Crippen LogP contribution in [0.1, 0.15) is 31.4 Å². The highest BCUT2D eigenvalue weighted by Gasteiger charge is 2.14. The number of benzene rings is 1. The summed E-state index contributed by atoms with van der Waals surface area (Å²) in [5, 5.41) is 0.675. The first-order chi connectivity index (χ1) is 8.66. The van der Waals surface area contributed by atoms with Crippen molar-refractivity contribution in [3.05, 3.63) is 28.8 Å². The highest BCUT2D eigenvalue weighted by Crippen LogP contribution is 2.27. The standard InChI is InChI=1S/C14H20ClNO2/c1-10(16)13-3-2-12(8-14(13)15)18-9-11-4-6-17-7-5-11/h2-3,8,10-11H,4-7,9,16H2,1H3. The van der Waals surface area contributed by atoms with Crippen LogP contribution in [-0.2, 0) is 4.74 Å². The molecule has 1 heterocycles. The van der Waals surface area contributed by atoms with Gasteiger partial charge in [0.2, 0.25) is 0 Å². The molecule has 18 heavy (non-hydrogen) atoms. The number of nitrogens with two attached hydrogens (primary N) is 1. The molecule has 1 atom stereocenters. The zero-order valence-corrected chi connectivity index (χ0v) is 11.5. The van der Waals surface area contributed by atoms with Crippen molar-refractivity contribution in [2.75, 3.05) is 19.8 Å². The molecule has 1 aromatic rings. The van der Waals surface area contributed by atoms with Crippen molar-refractivity contribution in [1.29, 1.82) is 0 Å². The smallest absolute Gasteiger partial charge is 0.120 e. The normalized spacial score (nSPS) is 18.6. The molecule has 0 radical (unpaired) electrons. The highest BCUT2D eigenvalue weighted by atomic mass is 35.5. The predicted molar refractivity (Wildman–Crippen MR) is 73.1 cm³/mol. The summed E-state index contributed by atoms with van der Waals surface area (Å²) in [5.41, 5.74) is 6.77. The average Bonchev–Trinajstić information content (AvgIpc) is 2.37. The fourth-order valence-corrected chi connectivity index (χ4v) is 2.44. The zero-order valence-electron chi connectivity index (χ0n) is 10.7. The molecule has 0 amide bonds. The fraction of sp³-hybridized carbons (Fsp3) is 0.571. The summed E-state index contributed by atoms with van der Waals surface area (Å²) in [7, 11) is 0. The maximum absolute atomic E-state index is 6.17. The van der Waals surface area contributed by atoms with E-state index in [1.165, 1.54) is 0 Å². The van der Waals surface area contributed by atoms with Crippen LogP contribution in [0.4, 0.5) is 0 Å². The monoisotopic (exact) mass is 269 g/mol. The number of rotatable bonds is 4. The second kappa shape index (κ2) is 6.41. The molecule has 0 aromatic heterocycles. The minimum absolute atomic E-state index is 0.0537. The Labute approximate surface area is 113 Å². The average molecular weight is 270 g/mol. The molecule has 0 saturated carbocycles. The van der Waals surface area contributed by atoms with E-state index in [0.717, 1.165) is 44.0 Å². The van der Waals surface area contributed by atoms with Crippen LogP contribution < -0.4 is 10.5 Å². The maximum Gasteiger partial charge on any atom is 0.120 e. The van der Waals surface area contributed by atoms with Crippen LogP contribution in [-0.4, -0.2) is 19.8 Å². The lowest BCUT2D eigenvalue weighted by Crippen LogP contribution is -2.21. The number of halogens is 1. The topological polar surface area (TPSA) is 44.5 Å². The number of hydrogen-bond acceptors (Lipinski definition) is 3. The third-order valence-electron chi connectivity index (χ3n) is 3.29. The van der Waals surface area contributed by atoms with Gasteiger partial charge in [0.05, 0.1) is 6.61 Å². The van der Waals surface area contributed by atoms with Crippen LogP contribution in [0.3, 0.4) is 0 Å². The first kappa shape index (κ1) is 13.7. The van der Waals surface area contributed by atoms with Crippen LogP contribution in [0.15, 0.2) is 18.2 Å². The van der Waals surface area contributed by atoms with Crippen LogP contribution >= 0.6 is 11.6 Å². The van der Waals surface area contributed by atoms with Crippen LogP contribution in [0.25, 0.3) is 0 Å². The summed E-state index contributed by atoms with van der Waals surface area (Å²) in [6.45, 7) is 4.35. The Balaban J connectivity index is 1.91. The van der Waals surface area contributed by atoms with Gasteiger partial charge in [0, 0.05) is 24.3 Å². The van der Waals surface area contributed by atoms with Gasteiger partial charge in [-0.05, 0) is 43.4 Å². The van der Waals surface area contributed by atoms with E-state index in [4.69, 9.17) is 26.8 Å². The van der Waals surface area contributed by atoms with Gasteiger partial charge in [-0.25, -0.2) is 0 Å². The van der Waals surface area contributed by atoms with Gasteiger partial charge in [0.15, 0.2) is 0 Å². The molecule has 0 spiro atoms. The van der Waals surface area contributed by atoms with Gasteiger partial charge < -0.3 is 15.2 Å². The second-order valence-electron chi connectivity index (χ2n) is 4.84. The van der Waals surface area contributed by atoms with Gasteiger partial charge in [0.1, 0.15) is 5.75 Å². The minimum Gasteiger partial charge on any atom is -0.493 e. The van der Waals surface area contributed by atoms with Crippen molar-refractivity contribution in [1.82, 2.24) is 0 Å². The molecule has 2 rings (SSSR count). The van der Waals surface area contributed by atoms with Crippen molar-refractivity contribution in [2.24, 2.45) is 11.7 Å². The molecule has 1 fully saturated rings. The summed E-state index contributed by atoms with van der Waals surface area (Å²) in [5.74, 6) is 1.40. The first-order valence-electron chi connectivity index (χ1n) is 6.42. The van der Waals surface area contributed by atoms with Crippen molar-refractivity contribution >= 4 is 11.6 Å². The molecular formula is C14H20ClNO2.